The van der Waals surface area contributed by atoms with E-state index < -0.39 is 62.8 Å². The number of halogens is 6. The van der Waals surface area contributed by atoms with Crippen LogP contribution in [0.25, 0.3) is 0 Å². The van der Waals surface area contributed by atoms with Crippen molar-refractivity contribution in [2.45, 2.75) is 24.2 Å². The van der Waals surface area contributed by atoms with E-state index in [0.29, 0.717) is 0 Å². The molecule has 0 aromatic heterocycles. The summed E-state index contributed by atoms with van der Waals surface area (Å²) in [4.78, 5) is -0.171. The summed E-state index contributed by atoms with van der Waals surface area (Å²) in [7, 11) is -9.09. The van der Waals surface area contributed by atoms with Gasteiger partial charge in [-0.25, -0.2) is 0 Å². The lowest BCUT2D eigenvalue weighted by molar-refractivity contribution is -0.166. The Bertz CT molecular complexity index is 770. The van der Waals surface area contributed by atoms with E-state index in [2.05, 4.69) is 18.0 Å². The summed E-state index contributed by atoms with van der Waals surface area (Å²) >= 11 is 0. The molecule has 0 amide bonds. The largest absolute Gasteiger partial charge is 0.412 e. The number of alkyl halides is 6. The summed E-state index contributed by atoms with van der Waals surface area (Å²) < 4.78 is 126. The average Bonchev–Trinajstić information content (AvgIpc) is 2.57. The van der Waals surface area contributed by atoms with E-state index in [0.717, 1.165) is 5.56 Å². The summed E-state index contributed by atoms with van der Waals surface area (Å²) in [6, 6.07) is 5.57. The first-order valence-electron chi connectivity index (χ1n) is 7.67. The molecule has 0 saturated carbocycles. The molecule has 0 N–H and O–H groups in total. The van der Waals surface area contributed by atoms with Crippen LogP contribution in [0.4, 0.5) is 26.3 Å². The van der Waals surface area contributed by atoms with Gasteiger partial charge in [0.1, 0.15) is 6.35 Å². The molecule has 15 heteroatoms. The molecular weight excluding hydrogens is 457 g/mol. The maximum Gasteiger partial charge on any atom is 0.412 e. The highest BCUT2D eigenvalue weighted by Crippen LogP contribution is 2.50. The summed E-state index contributed by atoms with van der Waals surface area (Å²) in [6.07, 6.45) is -11.2. The maximum atomic E-state index is 12.2. The molecule has 0 unspecified atom stereocenters. The third-order valence-electron chi connectivity index (χ3n) is 2.88. The molecule has 0 heterocycles. The Labute approximate surface area is 162 Å². The van der Waals surface area contributed by atoms with Gasteiger partial charge in [-0.1, -0.05) is 17.7 Å². The number of aryl methyl sites for hydroxylation is 1. The van der Waals surface area contributed by atoms with Gasteiger partial charge in [0.2, 0.25) is 0 Å². The van der Waals surface area contributed by atoms with E-state index in [1.165, 1.54) is 24.3 Å². The molecule has 0 spiro atoms. The highest BCUT2D eigenvalue weighted by Gasteiger charge is 2.38. The minimum atomic E-state index is -4.97. The third-order valence-corrected chi connectivity index (χ3v) is 5.75. The highest BCUT2D eigenvalue weighted by molar-refractivity contribution is 7.86. The second-order valence-corrected chi connectivity index (χ2v) is 9.13. The maximum absolute atomic E-state index is 12.2. The Kier molecular flexibility index (Phi) is 9.12. The molecule has 0 aliphatic heterocycles. The minimum Gasteiger partial charge on any atom is -0.366 e. The van der Waals surface area contributed by atoms with Crippen LogP contribution in [0, 0.1) is 6.92 Å². The van der Waals surface area contributed by atoms with Crippen molar-refractivity contribution in [3.8, 4) is 0 Å². The van der Waals surface area contributed by atoms with Crippen LogP contribution in [0.1, 0.15) is 5.56 Å². The SMILES string of the molecule is Cc1ccc(S(=O)(=O)OCCOCP(=O)(OCC(F)(F)F)OCC(F)(F)F)cc1. The molecule has 1 aromatic rings. The number of hydrogen-bond donors (Lipinski definition) is 0. The fourth-order valence-corrected chi connectivity index (χ4v) is 3.76. The molecule has 0 aliphatic rings. The van der Waals surface area contributed by atoms with Crippen LogP contribution in [0.3, 0.4) is 0 Å². The quantitative estimate of drug-likeness (QED) is 0.207. The van der Waals surface area contributed by atoms with Crippen molar-refractivity contribution < 1.29 is 57.3 Å². The van der Waals surface area contributed by atoms with Crippen molar-refractivity contribution in [2.75, 3.05) is 32.8 Å². The van der Waals surface area contributed by atoms with Crippen molar-refractivity contribution in [1.29, 1.82) is 0 Å². The zero-order chi connectivity index (χ0) is 22.3. The van der Waals surface area contributed by atoms with E-state index in [4.69, 9.17) is 0 Å². The lowest BCUT2D eigenvalue weighted by Crippen LogP contribution is -2.21. The van der Waals surface area contributed by atoms with Gasteiger partial charge in [0, 0.05) is 0 Å². The number of benzene rings is 1. The fourth-order valence-electron chi connectivity index (χ4n) is 1.61. The van der Waals surface area contributed by atoms with Crippen LogP contribution in [0.5, 0.6) is 0 Å². The minimum absolute atomic E-state index is 0.171. The Morgan fingerprint density at radius 2 is 1.38 bits per heavy atom. The molecule has 0 aliphatic carbocycles. The van der Waals surface area contributed by atoms with E-state index in [1.807, 2.05) is 0 Å². The first kappa shape index (κ1) is 25.9. The first-order valence-corrected chi connectivity index (χ1v) is 10.8. The van der Waals surface area contributed by atoms with Gasteiger partial charge in [0.05, 0.1) is 18.1 Å². The third kappa shape index (κ3) is 11.0. The van der Waals surface area contributed by atoms with Gasteiger partial charge in [-0.3, -0.25) is 17.8 Å². The number of rotatable bonds is 11. The van der Waals surface area contributed by atoms with Gasteiger partial charge < -0.3 is 4.74 Å². The van der Waals surface area contributed by atoms with Crippen LogP contribution in [-0.4, -0.2) is 53.5 Å². The predicted octanol–water partition coefficient (Wildman–Crippen LogP) is 4.03. The highest BCUT2D eigenvalue weighted by atomic mass is 32.2. The van der Waals surface area contributed by atoms with Gasteiger partial charge in [-0.15, -0.1) is 0 Å². The molecule has 0 fully saturated rings. The van der Waals surface area contributed by atoms with E-state index >= 15 is 0 Å². The molecule has 7 nitrogen and oxygen atoms in total. The summed E-state index contributed by atoms with van der Waals surface area (Å²) in [5.41, 5.74) is 0.792. The molecule has 0 saturated heterocycles. The molecule has 0 bridgehead atoms. The van der Waals surface area contributed by atoms with E-state index in [9.17, 15) is 39.3 Å². The molecule has 168 valence electrons. The second-order valence-electron chi connectivity index (χ2n) is 5.51. The van der Waals surface area contributed by atoms with E-state index in [1.54, 1.807) is 6.92 Å². The van der Waals surface area contributed by atoms with Crippen LogP contribution >= 0.6 is 7.60 Å². The standard InChI is InChI=1S/C14H17F6O7PS/c1-11-2-4-12(5-3-11)29(22,23)27-7-6-24-10-28(21,25-8-13(15,16)17)26-9-14(18,19)20/h2-5H,6-10H2,1H3. The zero-order valence-corrected chi connectivity index (χ0v) is 16.5. The zero-order valence-electron chi connectivity index (χ0n) is 14.8. The van der Waals surface area contributed by atoms with Crippen LogP contribution in [0.2, 0.25) is 0 Å². The van der Waals surface area contributed by atoms with Crippen LogP contribution < -0.4 is 0 Å². The number of ether oxygens (including phenoxy) is 1. The second kappa shape index (κ2) is 10.2. The molecular formula is C14H17F6O7PS. The Morgan fingerprint density at radius 1 is 0.897 bits per heavy atom. The van der Waals surface area contributed by atoms with Crippen molar-refractivity contribution in [1.82, 2.24) is 0 Å². The predicted molar refractivity (Wildman–Crippen MR) is 86.8 cm³/mol. The number of hydrogen-bond acceptors (Lipinski definition) is 7. The Hall–Kier alpha value is -1.18. The molecule has 0 atom stereocenters. The van der Waals surface area contributed by atoms with E-state index in [-0.39, 0.29) is 4.90 Å². The molecule has 0 radical (unpaired) electrons. The molecule has 1 aromatic carbocycles. The Balaban J connectivity index is 2.56. The van der Waals surface area contributed by atoms with Crippen molar-refractivity contribution in [3.63, 3.8) is 0 Å². The molecule has 29 heavy (non-hydrogen) atoms. The normalized spacial score (nSPS) is 13.6. The monoisotopic (exact) mass is 474 g/mol. The van der Waals surface area contributed by atoms with Gasteiger partial charge in [-0.05, 0) is 19.1 Å². The van der Waals surface area contributed by atoms with Crippen LogP contribution in [0.15, 0.2) is 29.2 Å². The summed E-state index contributed by atoms with van der Waals surface area (Å²) in [5, 5.41) is 0. The van der Waals surface area contributed by atoms with Crippen molar-refractivity contribution >= 4 is 17.7 Å². The van der Waals surface area contributed by atoms with Gasteiger partial charge in [-0.2, -0.15) is 34.8 Å². The fraction of sp³-hybridized carbons (Fsp3) is 0.571. The van der Waals surface area contributed by atoms with Gasteiger partial charge >= 0.3 is 19.9 Å². The summed E-state index contributed by atoms with van der Waals surface area (Å²) in [5.74, 6) is 0. The van der Waals surface area contributed by atoms with Crippen LogP contribution in [-0.2, 0) is 32.7 Å². The smallest absolute Gasteiger partial charge is 0.366 e. The topological polar surface area (TPSA) is 88.1 Å². The lowest BCUT2D eigenvalue weighted by atomic mass is 10.2. The lowest BCUT2D eigenvalue weighted by Gasteiger charge is -2.20. The van der Waals surface area contributed by atoms with Crippen molar-refractivity contribution in [2.24, 2.45) is 0 Å². The van der Waals surface area contributed by atoms with Gasteiger partial charge in [0.15, 0.2) is 13.2 Å². The average molecular weight is 474 g/mol. The molecule has 1 rings (SSSR count). The first-order chi connectivity index (χ1) is 13.1. The van der Waals surface area contributed by atoms with Gasteiger partial charge in [0.25, 0.3) is 10.1 Å². The summed E-state index contributed by atoms with van der Waals surface area (Å²) in [6.45, 7) is -3.78. The Morgan fingerprint density at radius 3 is 1.83 bits per heavy atom. The van der Waals surface area contributed by atoms with Crippen molar-refractivity contribution in [3.05, 3.63) is 29.8 Å².